The highest BCUT2D eigenvalue weighted by molar-refractivity contribution is 9.10. The van der Waals surface area contributed by atoms with Gasteiger partial charge >= 0.3 is 0 Å². The molecule has 1 rings (SSSR count). The van der Waals surface area contributed by atoms with Gasteiger partial charge < -0.3 is 15.4 Å². The number of nitrogens with two attached hydrogens (primary N) is 1. The molecule has 5 nitrogen and oxygen atoms in total. The molecule has 0 spiro atoms. The minimum atomic E-state index is 0.559. The van der Waals surface area contributed by atoms with Crippen molar-refractivity contribution < 1.29 is 4.74 Å². The van der Waals surface area contributed by atoms with Crippen LogP contribution in [0.2, 0.25) is 0 Å². The maximum absolute atomic E-state index is 5.53. The normalized spacial score (nSPS) is 10.4. The van der Waals surface area contributed by atoms with E-state index >= 15 is 0 Å². The maximum Gasteiger partial charge on any atom is 0.232 e. The lowest BCUT2D eigenvalue weighted by Crippen LogP contribution is -2.28. The molecule has 2 N–H and O–H groups in total. The topological polar surface area (TPSA) is 64.3 Å². The van der Waals surface area contributed by atoms with Gasteiger partial charge in [-0.3, -0.25) is 0 Å². The molecule has 1 heterocycles. The van der Waals surface area contributed by atoms with Gasteiger partial charge in [0.25, 0.3) is 0 Å². The number of hydrogen-bond acceptors (Lipinski definition) is 5. The van der Waals surface area contributed by atoms with Gasteiger partial charge in [0.05, 0.1) is 17.8 Å². The molecule has 0 fully saturated rings. The van der Waals surface area contributed by atoms with Crippen molar-refractivity contribution in [2.75, 3.05) is 31.6 Å². The van der Waals surface area contributed by atoms with Crippen molar-refractivity contribution >= 4 is 21.9 Å². The molecular weight excluding hydrogens is 284 g/mol. The van der Waals surface area contributed by atoms with Crippen molar-refractivity contribution in [2.45, 2.75) is 19.8 Å². The fourth-order valence-corrected chi connectivity index (χ4v) is 1.86. The van der Waals surface area contributed by atoms with Crippen LogP contribution in [-0.2, 0) is 0 Å². The zero-order chi connectivity index (χ0) is 12.7. The molecule has 17 heavy (non-hydrogen) atoms. The Morgan fingerprint density at radius 3 is 2.82 bits per heavy atom. The summed E-state index contributed by atoms with van der Waals surface area (Å²) in [5.41, 5.74) is 5.53. The Morgan fingerprint density at radius 1 is 1.47 bits per heavy atom. The average Bonchev–Trinajstić information content (AvgIpc) is 2.35. The minimum Gasteiger partial charge on any atom is -0.480 e. The zero-order valence-corrected chi connectivity index (χ0v) is 11.9. The fourth-order valence-electron chi connectivity index (χ4n) is 1.50. The lowest BCUT2D eigenvalue weighted by Gasteiger charge is -2.22. The van der Waals surface area contributed by atoms with Crippen molar-refractivity contribution in [3.63, 3.8) is 0 Å². The summed E-state index contributed by atoms with van der Waals surface area (Å²) in [6, 6.07) is 0. The zero-order valence-electron chi connectivity index (χ0n) is 10.3. The second-order valence-electron chi connectivity index (χ2n) is 3.66. The van der Waals surface area contributed by atoms with Crippen LogP contribution in [0.15, 0.2) is 10.7 Å². The Labute approximate surface area is 111 Å². The van der Waals surface area contributed by atoms with E-state index in [2.05, 4.69) is 37.7 Å². The molecule has 1 aromatic rings. The summed E-state index contributed by atoms with van der Waals surface area (Å²) >= 11 is 3.34. The Kier molecular flexibility index (Phi) is 6.21. The maximum atomic E-state index is 5.53. The lowest BCUT2D eigenvalue weighted by atomic mass is 10.3. The highest BCUT2D eigenvalue weighted by Crippen LogP contribution is 2.23. The molecule has 0 saturated heterocycles. The Morgan fingerprint density at radius 2 is 2.24 bits per heavy atom. The van der Waals surface area contributed by atoms with E-state index in [4.69, 9.17) is 10.5 Å². The van der Waals surface area contributed by atoms with Gasteiger partial charge in [0.1, 0.15) is 0 Å². The molecule has 0 bridgehead atoms. The van der Waals surface area contributed by atoms with Gasteiger partial charge in [-0.15, -0.1) is 0 Å². The number of hydrogen-bond donors (Lipinski definition) is 1. The van der Waals surface area contributed by atoms with Crippen LogP contribution in [0.4, 0.5) is 5.95 Å². The molecule has 96 valence electrons. The highest BCUT2D eigenvalue weighted by atomic mass is 79.9. The third-order valence-electron chi connectivity index (χ3n) is 2.30. The van der Waals surface area contributed by atoms with E-state index < -0.39 is 0 Å². The van der Waals surface area contributed by atoms with Crippen molar-refractivity contribution in [2.24, 2.45) is 5.73 Å². The molecule has 0 radical (unpaired) electrons. The second-order valence-corrected chi connectivity index (χ2v) is 4.51. The number of aromatic nitrogens is 2. The largest absolute Gasteiger partial charge is 0.480 e. The molecule has 0 aliphatic carbocycles. The van der Waals surface area contributed by atoms with Crippen LogP contribution in [0.5, 0.6) is 5.88 Å². The second kappa shape index (κ2) is 7.45. The predicted octanol–water partition coefficient (Wildman–Crippen LogP) is 1.81. The first-order valence-corrected chi connectivity index (χ1v) is 6.53. The number of halogens is 1. The molecular formula is C11H19BrN4O. The first kappa shape index (κ1) is 14.2. The summed E-state index contributed by atoms with van der Waals surface area (Å²) in [6.07, 6.45) is 3.69. The molecule has 6 heteroatoms. The lowest BCUT2D eigenvalue weighted by molar-refractivity contribution is 0.393. The van der Waals surface area contributed by atoms with Crippen LogP contribution in [-0.4, -0.2) is 36.7 Å². The van der Waals surface area contributed by atoms with E-state index in [9.17, 15) is 0 Å². The van der Waals surface area contributed by atoms with E-state index in [1.807, 2.05) is 0 Å². The van der Waals surface area contributed by atoms with Gasteiger partial charge in [0.15, 0.2) is 0 Å². The van der Waals surface area contributed by atoms with Crippen LogP contribution in [0.3, 0.4) is 0 Å². The standard InChI is InChI=1S/C11H19BrN4O/c1-3-6-16(7-4-5-13)11-14-8-9(12)10(15-11)17-2/h8H,3-7,13H2,1-2H3. The average molecular weight is 303 g/mol. The van der Waals surface area contributed by atoms with E-state index in [0.29, 0.717) is 18.4 Å². The van der Waals surface area contributed by atoms with E-state index in [1.165, 1.54) is 0 Å². The molecule has 0 aromatic carbocycles. The number of rotatable bonds is 7. The van der Waals surface area contributed by atoms with Crippen molar-refractivity contribution in [1.29, 1.82) is 0 Å². The summed E-state index contributed by atoms with van der Waals surface area (Å²) in [4.78, 5) is 10.8. The molecule has 1 aromatic heterocycles. The van der Waals surface area contributed by atoms with Gasteiger partial charge in [0, 0.05) is 13.1 Å². The first-order valence-electron chi connectivity index (χ1n) is 5.74. The number of methoxy groups -OCH3 is 1. The summed E-state index contributed by atoms with van der Waals surface area (Å²) in [5, 5.41) is 0. The third-order valence-corrected chi connectivity index (χ3v) is 2.85. The predicted molar refractivity (Wildman–Crippen MR) is 72.5 cm³/mol. The van der Waals surface area contributed by atoms with Crippen molar-refractivity contribution in [3.05, 3.63) is 10.7 Å². The van der Waals surface area contributed by atoms with Gasteiger partial charge in [-0.2, -0.15) is 4.98 Å². The van der Waals surface area contributed by atoms with E-state index in [-0.39, 0.29) is 0 Å². The number of ether oxygens (including phenoxy) is 1. The van der Waals surface area contributed by atoms with Crippen molar-refractivity contribution in [1.82, 2.24) is 9.97 Å². The SMILES string of the molecule is CCCN(CCCN)c1ncc(Br)c(OC)n1. The number of nitrogens with zero attached hydrogens (tertiary/aromatic N) is 3. The van der Waals surface area contributed by atoms with Crippen LogP contribution in [0, 0.1) is 0 Å². The fraction of sp³-hybridized carbons (Fsp3) is 0.636. The monoisotopic (exact) mass is 302 g/mol. The van der Waals surface area contributed by atoms with Crippen LogP contribution < -0.4 is 15.4 Å². The van der Waals surface area contributed by atoms with Crippen LogP contribution >= 0.6 is 15.9 Å². The minimum absolute atomic E-state index is 0.559. The summed E-state index contributed by atoms with van der Waals surface area (Å²) in [6.45, 7) is 4.60. The Bertz CT molecular complexity index is 348. The Balaban J connectivity index is 2.85. The van der Waals surface area contributed by atoms with Crippen LogP contribution in [0.25, 0.3) is 0 Å². The number of anilines is 1. The highest BCUT2D eigenvalue weighted by Gasteiger charge is 2.11. The smallest absolute Gasteiger partial charge is 0.232 e. The Hall–Kier alpha value is -0.880. The third kappa shape index (κ3) is 4.12. The van der Waals surface area contributed by atoms with E-state index in [0.717, 1.165) is 30.4 Å². The molecule has 0 aliphatic rings. The summed E-state index contributed by atoms with van der Waals surface area (Å²) in [7, 11) is 1.60. The molecule has 0 atom stereocenters. The van der Waals surface area contributed by atoms with Gasteiger partial charge in [-0.25, -0.2) is 4.98 Å². The quantitative estimate of drug-likeness (QED) is 0.832. The van der Waals surface area contributed by atoms with Crippen molar-refractivity contribution in [3.8, 4) is 5.88 Å². The molecule has 0 saturated carbocycles. The van der Waals surface area contributed by atoms with Gasteiger partial charge in [-0.05, 0) is 35.3 Å². The molecule has 0 aliphatic heterocycles. The first-order chi connectivity index (χ1) is 8.22. The molecule has 0 unspecified atom stereocenters. The van der Waals surface area contributed by atoms with Crippen LogP contribution in [0.1, 0.15) is 19.8 Å². The summed E-state index contributed by atoms with van der Waals surface area (Å²) < 4.78 is 5.93. The van der Waals surface area contributed by atoms with Gasteiger partial charge in [0.2, 0.25) is 11.8 Å². The summed E-state index contributed by atoms with van der Waals surface area (Å²) in [5.74, 6) is 1.25. The van der Waals surface area contributed by atoms with E-state index in [1.54, 1.807) is 13.3 Å². The van der Waals surface area contributed by atoms with Gasteiger partial charge in [-0.1, -0.05) is 6.92 Å². The molecule has 0 amide bonds.